The lowest BCUT2D eigenvalue weighted by atomic mass is 9.86. The van der Waals surface area contributed by atoms with Crippen molar-refractivity contribution >= 4 is 58.4 Å². The maximum atomic E-state index is 5.36. The molecule has 1 aromatic rings. The highest BCUT2D eigenvalue weighted by Gasteiger charge is 2.56. The summed E-state index contributed by atoms with van der Waals surface area (Å²) in [7, 11) is 0. The van der Waals surface area contributed by atoms with Crippen LogP contribution in [-0.4, -0.2) is 10.5 Å². The van der Waals surface area contributed by atoms with Gasteiger partial charge < -0.3 is 0 Å². The molecule has 5 heteroatoms. The van der Waals surface area contributed by atoms with Crippen molar-refractivity contribution in [1.82, 2.24) is 0 Å². The van der Waals surface area contributed by atoms with E-state index in [1.807, 2.05) is 22.7 Å². The first-order valence-electron chi connectivity index (χ1n) is 6.45. The standard InChI is InChI=1S/C13H12S5/c14-13-17-11-12(18-13)16-10-8(15-11)4-7-5-1-2-6(3-5)9(7)10/h1-2,5-10H,3-4H2/t5-,6+,7+,8+,9+,10-/m0/s1. The van der Waals surface area contributed by atoms with Gasteiger partial charge in [-0.2, -0.15) is 0 Å². The van der Waals surface area contributed by atoms with Crippen LogP contribution in [0.4, 0.5) is 0 Å². The van der Waals surface area contributed by atoms with E-state index in [9.17, 15) is 0 Å². The zero-order valence-electron chi connectivity index (χ0n) is 9.57. The third-order valence-electron chi connectivity index (χ3n) is 4.96. The molecule has 0 radical (unpaired) electrons. The smallest absolute Gasteiger partial charge is 0.109 e. The lowest BCUT2D eigenvalue weighted by Crippen LogP contribution is -2.26. The molecule has 0 amide bonds. The summed E-state index contributed by atoms with van der Waals surface area (Å²) >= 11 is 13.4. The molecule has 18 heavy (non-hydrogen) atoms. The van der Waals surface area contributed by atoms with Crippen molar-refractivity contribution in [2.75, 3.05) is 0 Å². The Morgan fingerprint density at radius 2 is 1.78 bits per heavy atom. The lowest BCUT2D eigenvalue weighted by molar-refractivity contribution is 0.369. The molecule has 5 rings (SSSR count). The molecule has 0 aromatic carbocycles. The minimum atomic E-state index is 0.864. The Hall–Kier alpha value is 0.710. The summed E-state index contributed by atoms with van der Waals surface area (Å²) < 4.78 is 4.17. The molecule has 0 nitrogen and oxygen atoms in total. The molecule has 2 heterocycles. The van der Waals surface area contributed by atoms with Gasteiger partial charge in [0.15, 0.2) is 0 Å². The maximum absolute atomic E-state index is 5.36. The summed E-state index contributed by atoms with van der Waals surface area (Å²) in [5.74, 6) is 3.78. The van der Waals surface area contributed by atoms with Crippen LogP contribution in [0.5, 0.6) is 0 Å². The Bertz CT molecular complexity index is 597. The van der Waals surface area contributed by atoms with E-state index in [2.05, 4.69) is 35.7 Å². The lowest BCUT2D eigenvalue weighted by Gasteiger charge is -2.29. The molecule has 2 fully saturated rings. The first kappa shape index (κ1) is 11.4. The zero-order chi connectivity index (χ0) is 11.9. The van der Waals surface area contributed by atoms with Crippen molar-refractivity contribution in [3.8, 4) is 0 Å². The van der Waals surface area contributed by atoms with Crippen LogP contribution in [-0.2, 0) is 0 Å². The molecule has 0 spiro atoms. The molecule has 3 aliphatic carbocycles. The number of rotatable bonds is 0. The van der Waals surface area contributed by atoms with E-state index in [4.69, 9.17) is 12.2 Å². The predicted octanol–water partition coefficient (Wildman–Crippen LogP) is 5.32. The van der Waals surface area contributed by atoms with Crippen LogP contribution in [0.25, 0.3) is 0 Å². The molecule has 0 saturated heterocycles. The first-order chi connectivity index (χ1) is 8.79. The van der Waals surface area contributed by atoms with E-state index < -0.39 is 0 Å². The molecule has 6 atom stereocenters. The van der Waals surface area contributed by atoms with E-state index in [1.54, 1.807) is 0 Å². The van der Waals surface area contributed by atoms with Crippen LogP contribution < -0.4 is 0 Å². The van der Waals surface area contributed by atoms with Crippen molar-refractivity contribution < 1.29 is 0 Å². The highest BCUT2D eigenvalue weighted by atomic mass is 32.2. The van der Waals surface area contributed by atoms with Crippen molar-refractivity contribution in [3.63, 3.8) is 0 Å². The van der Waals surface area contributed by atoms with Gasteiger partial charge in [-0.3, -0.25) is 0 Å². The summed E-state index contributed by atoms with van der Waals surface area (Å²) in [6, 6.07) is 0. The number of fused-ring (bicyclic) bond motifs is 8. The van der Waals surface area contributed by atoms with Gasteiger partial charge in [0.25, 0.3) is 0 Å². The van der Waals surface area contributed by atoms with Gasteiger partial charge in [-0.05, 0) is 36.5 Å². The first-order valence-corrected chi connectivity index (χ1v) is 10.3. The Balaban J connectivity index is 1.55. The van der Waals surface area contributed by atoms with E-state index >= 15 is 0 Å². The number of thioether (sulfide) groups is 2. The number of hydrogen-bond acceptors (Lipinski definition) is 5. The second-order valence-corrected chi connectivity index (χ2v) is 11.9. The Kier molecular flexibility index (Phi) is 2.45. The van der Waals surface area contributed by atoms with Gasteiger partial charge in [0.05, 0.1) is 8.42 Å². The number of allylic oxidation sites excluding steroid dienone is 2. The van der Waals surface area contributed by atoms with Crippen LogP contribution in [0.3, 0.4) is 0 Å². The van der Waals surface area contributed by atoms with Crippen molar-refractivity contribution in [2.45, 2.75) is 31.8 Å². The number of hydrogen-bond donors (Lipinski definition) is 0. The third kappa shape index (κ3) is 1.43. The second kappa shape index (κ2) is 3.88. The molecule has 2 saturated carbocycles. The Labute approximate surface area is 128 Å². The summed E-state index contributed by atoms with van der Waals surface area (Å²) in [4.78, 5) is 0. The minimum absolute atomic E-state index is 0.864. The summed E-state index contributed by atoms with van der Waals surface area (Å²) in [5, 5.41) is 1.73. The highest BCUT2D eigenvalue weighted by Crippen LogP contribution is 2.65. The van der Waals surface area contributed by atoms with Crippen LogP contribution >= 0.6 is 58.4 Å². The third-order valence-corrected chi connectivity index (χ3v) is 11.4. The molecule has 0 unspecified atom stereocenters. The molecule has 1 aliphatic heterocycles. The molecule has 94 valence electrons. The molecular weight excluding hydrogens is 316 g/mol. The molecular formula is C13H12S5. The van der Waals surface area contributed by atoms with Gasteiger partial charge in [0, 0.05) is 10.5 Å². The zero-order valence-corrected chi connectivity index (χ0v) is 13.7. The van der Waals surface area contributed by atoms with Gasteiger partial charge in [-0.1, -0.05) is 24.4 Å². The Morgan fingerprint density at radius 3 is 2.67 bits per heavy atom. The fourth-order valence-electron chi connectivity index (χ4n) is 4.36. The summed E-state index contributed by atoms with van der Waals surface area (Å²) in [6.07, 6.45) is 7.94. The van der Waals surface area contributed by atoms with Crippen LogP contribution in [0.15, 0.2) is 20.6 Å². The topological polar surface area (TPSA) is 0 Å². The van der Waals surface area contributed by atoms with Gasteiger partial charge in [-0.15, -0.1) is 46.2 Å². The fraction of sp³-hybridized carbons (Fsp3) is 0.615. The SMILES string of the molecule is S=c1sc2c(s1)S[C@@H]1C[C@H]3[C@H]([C@H]1S2)[C@@H]1C=C[C@H]3C1. The van der Waals surface area contributed by atoms with Crippen LogP contribution in [0.2, 0.25) is 0 Å². The molecule has 2 bridgehead atoms. The van der Waals surface area contributed by atoms with Crippen LogP contribution in [0.1, 0.15) is 12.8 Å². The van der Waals surface area contributed by atoms with E-state index in [0.717, 1.165) is 37.3 Å². The van der Waals surface area contributed by atoms with Crippen molar-refractivity contribution in [1.29, 1.82) is 0 Å². The molecule has 0 N–H and O–H groups in total. The molecule has 1 aromatic heterocycles. The molecule has 4 aliphatic rings. The largest absolute Gasteiger partial charge is 0.145 e. The monoisotopic (exact) mass is 328 g/mol. The highest BCUT2D eigenvalue weighted by molar-refractivity contribution is 8.09. The quantitative estimate of drug-likeness (QED) is 0.467. The van der Waals surface area contributed by atoms with Crippen molar-refractivity contribution in [2.24, 2.45) is 23.7 Å². The predicted molar refractivity (Wildman–Crippen MR) is 84.7 cm³/mol. The van der Waals surface area contributed by atoms with E-state index in [-0.39, 0.29) is 0 Å². The summed E-state index contributed by atoms with van der Waals surface area (Å²) in [5.41, 5.74) is 0. The second-order valence-electron chi connectivity index (χ2n) is 5.69. The minimum Gasteiger partial charge on any atom is -0.109 e. The van der Waals surface area contributed by atoms with Gasteiger partial charge in [-0.25, -0.2) is 0 Å². The van der Waals surface area contributed by atoms with E-state index in [0.29, 0.717) is 0 Å². The summed E-state index contributed by atoms with van der Waals surface area (Å²) in [6.45, 7) is 0. The normalized spacial score (nSPS) is 47.1. The fourth-order valence-corrected chi connectivity index (χ4v) is 11.8. The van der Waals surface area contributed by atoms with Crippen LogP contribution in [0, 0.1) is 26.8 Å². The maximum Gasteiger partial charge on any atom is 0.145 e. The van der Waals surface area contributed by atoms with Crippen molar-refractivity contribution in [3.05, 3.63) is 15.3 Å². The Morgan fingerprint density at radius 1 is 1.00 bits per heavy atom. The average molecular weight is 329 g/mol. The van der Waals surface area contributed by atoms with Gasteiger partial charge in [0.1, 0.15) is 3.14 Å². The average Bonchev–Trinajstić information content (AvgIpc) is 3.03. The van der Waals surface area contributed by atoms with Gasteiger partial charge >= 0.3 is 0 Å². The van der Waals surface area contributed by atoms with E-state index in [1.165, 1.54) is 21.3 Å². The van der Waals surface area contributed by atoms with Gasteiger partial charge in [0.2, 0.25) is 0 Å².